The third-order valence-corrected chi connectivity index (χ3v) is 6.48. The fraction of sp³-hybridized carbons (Fsp3) is 0.381. The van der Waals surface area contributed by atoms with Crippen LogP contribution in [0.3, 0.4) is 0 Å². The lowest BCUT2D eigenvalue weighted by Gasteiger charge is -2.44. The monoisotopic (exact) mass is 353 g/mol. The molecule has 4 heteroatoms. The van der Waals surface area contributed by atoms with Gasteiger partial charge in [0.1, 0.15) is 6.10 Å². The van der Waals surface area contributed by atoms with Gasteiger partial charge in [0, 0.05) is 4.90 Å². The molecule has 2 aliphatic heterocycles. The van der Waals surface area contributed by atoms with Crippen LogP contribution in [0.2, 0.25) is 0 Å². The molecule has 2 aliphatic rings. The van der Waals surface area contributed by atoms with Crippen LogP contribution in [-0.4, -0.2) is 34.7 Å². The van der Waals surface area contributed by atoms with Gasteiger partial charge in [-0.05, 0) is 37.5 Å². The van der Waals surface area contributed by atoms with Crippen molar-refractivity contribution < 1.29 is 9.53 Å². The quantitative estimate of drug-likeness (QED) is 0.815. The van der Waals surface area contributed by atoms with Crippen LogP contribution in [-0.2, 0) is 16.0 Å². The normalized spacial score (nSPS) is 28.6. The Labute approximate surface area is 153 Å². The van der Waals surface area contributed by atoms with Gasteiger partial charge >= 0.3 is 0 Å². The van der Waals surface area contributed by atoms with Crippen LogP contribution in [0.15, 0.2) is 59.5 Å². The summed E-state index contributed by atoms with van der Waals surface area (Å²) in [6, 6.07) is 18.7. The third kappa shape index (κ3) is 3.09. The van der Waals surface area contributed by atoms with E-state index in [2.05, 4.69) is 49.1 Å². The van der Waals surface area contributed by atoms with Crippen LogP contribution in [0.4, 0.5) is 0 Å². The lowest BCUT2D eigenvalue weighted by Crippen LogP contribution is -2.55. The molecule has 1 amide bonds. The number of fused-ring (bicyclic) bond motifs is 1. The average Bonchev–Trinajstić information content (AvgIpc) is 3.07. The number of benzene rings is 2. The van der Waals surface area contributed by atoms with Crippen molar-refractivity contribution in [2.75, 3.05) is 6.61 Å². The molecule has 0 spiro atoms. The smallest absolute Gasteiger partial charge is 0.237 e. The highest BCUT2D eigenvalue weighted by Gasteiger charge is 2.41. The van der Waals surface area contributed by atoms with Crippen molar-refractivity contribution in [3.8, 4) is 0 Å². The summed E-state index contributed by atoms with van der Waals surface area (Å²) in [4.78, 5) is 16.6. The molecule has 1 fully saturated rings. The Morgan fingerprint density at radius 2 is 1.80 bits per heavy atom. The standard InChI is InChI=1S/C21H23NO2S/c1-14-13-24-20(16-8-4-3-5-9-16)15(2)22(14)21(23)19-12-17-10-6-7-11-18(17)25-19/h3-11,14-15,19-20H,12-13H2,1-2H3. The second kappa shape index (κ2) is 6.85. The molecule has 4 unspecified atom stereocenters. The van der Waals surface area contributed by atoms with Crippen molar-refractivity contribution in [2.45, 2.75) is 48.6 Å². The first-order valence-corrected chi connectivity index (χ1v) is 9.76. The van der Waals surface area contributed by atoms with E-state index in [1.54, 1.807) is 11.8 Å². The number of amides is 1. The summed E-state index contributed by atoms with van der Waals surface area (Å²) in [5, 5.41) is -0.0168. The van der Waals surface area contributed by atoms with Crippen LogP contribution < -0.4 is 0 Å². The van der Waals surface area contributed by atoms with E-state index in [9.17, 15) is 4.79 Å². The van der Waals surface area contributed by atoms with E-state index in [4.69, 9.17) is 4.74 Å². The topological polar surface area (TPSA) is 29.5 Å². The molecule has 0 bridgehead atoms. The van der Waals surface area contributed by atoms with Crippen LogP contribution >= 0.6 is 11.8 Å². The molecule has 4 atom stereocenters. The third-order valence-electron chi connectivity index (χ3n) is 5.17. The Hall–Kier alpha value is -1.78. The van der Waals surface area contributed by atoms with Crippen molar-refractivity contribution in [3.05, 3.63) is 65.7 Å². The minimum absolute atomic E-state index is 0.0168. The SMILES string of the molecule is CC1COC(c2ccccc2)C(C)N1C(=O)C1Cc2ccccc2S1. The fourth-order valence-electron chi connectivity index (χ4n) is 3.93. The molecule has 2 heterocycles. The van der Waals surface area contributed by atoms with Crippen molar-refractivity contribution >= 4 is 17.7 Å². The van der Waals surface area contributed by atoms with Gasteiger partial charge in [0.2, 0.25) is 5.91 Å². The van der Waals surface area contributed by atoms with Crippen molar-refractivity contribution in [1.82, 2.24) is 4.90 Å². The van der Waals surface area contributed by atoms with Gasteiger partial charge in [0.15, 0.2) is 0 Å². The van der Waals surface area contributed by atoms with E-state index in [0.29, 0.717) is 6.61 Å². The van der Waals surface area contributed by atoms with Gasteiger partial charge in [-0.1, -0.05) is 48.5 Å². The van der Waals surface area contributed by atoms with Crippen LogP contribution in [0.25, 0.3) is 0 Å². The molecule has 1 saturated heterocycles. The summed E-state index contributed by atoms with van der Waals surface area (Å²) in [6.07, 6.45) is 0.766. The maximum atomic E-state index is 13.3. The lowest BCUT2D eigenvalue weighted by atomic mass is 9.97. The van der Waals surface area contributed by atoms with Gasteiger partial charge < -0.3 is 9.64 Å². The molecule has 2 aromatic rings. The lowest BCUT2D eigenvalue weighted by molar-refractivity contribution is -0.152. The Bertz CT molecular complexity index is 739. The van der Waals surface area contributed by atoms with Crippen molar-refractivity contribution in [2.24, 2.45) is 0 Å². The zero-order valence-electron chi connectivity index (χ0n) is 14.6. The highest BCUT2D eigenvalue weighted by atomic mass is 32.2. The van der Waals surface area contributed by atoms with Crippen molar-refractivity contribution in [3.63, 3.8) is 0 Å². The summed E-state index contributed by atoms with van der Waals surface area (Å²) in [7, 11) is 0. The molecule has 0 radical (unpaired) electrons. The molecular formula is C21H23NO2S. The number of hydrogen-bond donors (Lipinski definition) is 0. The summed E-state index contributed by atoms with van der Waals surface area (Å²) in [5.74, 6) is 0.241. The highest BCUT2D eigenvalue weighted by Crippen LogP contribution is 2.40. The molecule has 130 valence electrons. The number of thioether (sulfide) groups is 1. The van der Waals surface area contributed by atoms with Crippen LogP contribution in [0.1, 0.15) is 31.1 Å². The zero-order valence-corrected chi connectivity index (χ0v) is 15.4. The van der Waals surface area contributed by atoms with E-state index >= 15 is 0 Å². The van der Waals surface area contributed by atoms with Gasteiger partial charge in [-0.2, -0.15) is 0 Å². The molecule has 25 heavy (non-hydrogen) atoms. The number of rotatable bonds is 2. The van der Waals surface area contributed by atoms with Crippen LogP contribution in [0, 0.1) is 0 Å². The predicted octanol–water partition coefficient (Wildman–Crippen LogP) is 4.08. The number of hydrogen-bond acceptors (Lipinski definition) is 3. The van der Waals surface area contributed by atoms with Gasteiger partial charge in [-0.25, -0.2) is 0 Å². The maximum absolute atomic E-state index is 13.3. The predicted molar refractivity (Wildman–Crippen MR) is 101 cm³/mol. The Morgan fingerprint density at radius 3 is 2.56 bits per heavy atom. The number of carbonyl (C=O) groups excluding carboxylic acids is 1. The van der Waals surface area contributed by atoms with E-state index in [1.165, 1.54) is 10.5 Å². The molecule has 2 aromatic carbocycles. The molecule has 0 N–H and O–H groups in total. The first kappa shape index (κ1) is 16.7. The second-order valence-corrected chi connectivity index (χ2v) is 8.16. The Balaban J connectivity index is 1.55. The summed E-state index contributed by atoms with van der Waals surface area (Å²) in [6.45, 7) is 4.78. The summed E-state index contributed by atoms with van der Waals surface area (Å²) in [5.41, 5.74) is 2.43. The molecule has 3 nitrogen and oxygen atoms in total. The van der Waals surface area contributed by atoms with E-state index in [1.807, 2.05) is 24.3 Å². The molecular weight excluding hydrogens is 330 g/mol. The van der Waals surface area contributed by atoms with E-state index in [-0.39, 0.29) is 29.3 Å². The van der Waals surface area contributed by atoms with Crippen LogP contribution in [0.5, 0.6) is 0 Å². The number of ether oxygens (including phenoxy) is 1. The highest BCUT2D eigenvalue weighted by molar-refractivity contribution is 8.01. The average molecular weight is 353 g/mol. The number of nitrogens with zero attached hydrogens (tertiary/aromatic N) is 1. The Morgan fingerprint density at radius 1 is 1.08 bits per heavy atom. The van der Waals surface area contributed by atoms with Crippen molar-refractivity contribution in [1.29, 1.82) is 0 Å². The van der Waals surface area contributed by atoms with E-state index < -0.39 is 0 Å². The minimum atomic E-state index is -0.0601. The van der Waals surface area contributed by atoms with Gasteiger partial charge in [0.05, 0.1) is 23.9 Å². The maximum Gasteiger partial charge on any atom is 0.237 e. The first-order chi connectivity index (χ1) is 12.1. The van der Waals surface area contributed by atoms with E-state index in [0.717, 1.165) is 12.0 Å². The summed E-state index contributed by atoms with van der Waals surface area (Å²) < 4.78 is 6.09. The Kier molecular flexibility index (Phi) is 4.57. The summed E-state index contributed by atoms with van der Waals surface area (Å²) >= 11 is 1.71. The molecule has 4 rings (SSSR count). The first-order valence-electron chi connectivity index (χ1n) is 8.88. The fourth-order valence-corrected chi connectivity index (χ4v) is 5.18. The number of morpholine rings is 1. The van der Waals surface area contributed by atoms with Gasteiger partial charge in [-0.3, -0.25) is 4.79 Å². The number of carbonyl (C=O) groups is 1. The van der Waals surface area contributed by atoms with Gasteiger partial charge in [-0.15, -0.1) is 11.8 Å². The molecule has 0 aromatic heterocycles. The minimum Gasteiger partial charge on any atom is -0.369 e. The van der Waals surface area contributed by atoms with Gasteiger partial charge in [0.25, 0.3) is 0 Å². The molecule has 0 saturated carbocycles. The largest absolute Gasteiger partial charge is 0.369 e. The second-order valence-electron chi connectivity index (χ2n) is 6.92. The zero-order chi connectivity index (χ0) is 17.4. The molecule has 0 aliphatic carbocycles.